The van der Waals surface area contributed by atoms with Gasteiger partial charge in [-0.3, -0.25) is 0 Å². The zero-order valence-corrected chi connectivity index (χ0v) is 9.66. The Hall–Kier alpha value is -1.03. The molecule has 0 aromatic carbocycles. The second kappa shape index (κ2) is 4.23. The van der Waals surface area contributed by atoms with Gasteiger partial charge in [0.1, 0.15) is 11.0 Å². The van der Waals surface area contributed by atoms with Crippen molar-refractivity contribution in [2.45, 2.75) is 25.8 Å². The molecule has 0 aliphatic carbocycles. The zero-order valence-electron chi connectivity index (χ0n) is 8.90. The minimum Gasteiger partial charge on any atom is -0.467 e. The molecule has 1 aromatic heterocycles. The maximum Gasteiger partial charge on any atom is 0.319 e. The van der Waals surface area contributed by atoms with Crippen LogP contribution in [0.5, 0.6) is 6.01 Å². The first kappa shape index (κ1) is 10.5. The molecule has 1 saturated heterocycles. The van der Waals surface area contributed by atoms with Gasteiger partial charge in [0, 0.05) is 18.7 Å². The molecule has 15 heavy (non-hydrogen) atoms. The first-order chi connectivity index (χ1) is 7.20. The van der Waals surface area contributed by atoms with Gasteiger partial charge in [-0.15, -0.1) is 0 Å². The molecule has 0 N–H and O–H groups in total. The number of aromatic nitrogens is 2. The number of halogens is 1. The summed E-state index contributed by atoms with van der Waals surface area (Å²) in [5, 5.41) is 0.427. The molecule has 1 fully saturated rings. The molecule has 1 aliphatic rings. The van der Waals surface area contributed by atoms with Crippen LogP contribution in [-0.4, -0.2) is 29.7 Å². The van der Waals surface area contributed by atoms with Crippen LogP contribution in [0.3, 0.4) is 0 Å². The van der Waals surface area contributed by atoms with Gasteiger partial charge in [-0.25, -0.2) is 0 Å². The second-order valence-corrected chi connectivity index (χ2v) is 4.11. The van der Waals surface area contributed by atoms with Crippen molar-refractivity contribution in [2.75, 3.05) is 18.6 Å². The molecule has 0 amide bonds. The van der Waals surface area contributed by atoms with E-state index in [4.69, 9.17) is 16.3 Å². The summed E-state index contributed by atoms with van der Waals surface area (Å²) in [6.45, 7) is 3.22. The number of nitrogens with zero attached hydrogens (tertiary/aromatic N) is 3. The lowest BCUT2D eigenvalue weighted by molar-refractivity contribution is 0.379. The van der Waals surface area contributed by atoms with Gasteiger partial charge in [-0.1, -0.05) is 11.6 Å². The SMILES string of the molecule is COc1nc(Cl)cc(N2CCCC2C)n1. The molecule has 1 unspecified atom stereocenters. The van der Waals surface area contributed by atoms with Crippen LogP contribution in [0.25, 0.3) is 0 Å². The normalized spacial score (nSPS) is 20.7. The third-order valence-corrected chi connectivity index (χ3v) is 2.88. The Morgan fingerprint density at radius 3 is 2.93 bits per heavy atom. The fraction of sp³-hybridized carbons (Fsp3) is 0.600. The molecule has 0 spiro atoms. The molecule has 0 radical (unpaired) electrons. The largest absolute Gasteiger partial charge is 0.467 e. The van der Waals surface area contributed by atoms with Crippen LogP contribution in [0, 0.1) is 0 Å². The van der Waals surface area contributed by atoms with E-state index < -0.39 is 0 Å². The van der Waals surface area contributed by atoms with Gasteiger partial charge in [0.2, 0.25) is 0 Å². The van der Waals surface area contributed by atoms with E-state index in [-0.39, 0.29) is 0 Å². The Kier molecular flexibility index (Phi) is 2.95. The van der Waals surface area contributed by atoms with Crippen molar-refractivity contribution >= 4 is 17.4 Å². The van der Waals surface area contributed by atoms with Crippen molar-refractivity contribution in [1.29, 1.82) is 0 Å². The van der Waals surface area contributed by atoms with Crippen LogP contribution in [0.2, 0.25) is 5.15 Å². The van der Waals surface area contributed by atoms with E-state index in [1.165, 1.54) is 12.8 Å². The van der Waals surface area contributed by atoms with Crippen LogP contribution >= 0.6 is 11.6 Å². The molecule has 4 nitrogen and oxygen atoms in total. The monoisotopic (exact) mass is 227 g/mol. The number of hydrogen-bond donors (Lipinski definition) is 0. The molecule has 0 bridgehead atoms. The molecular weight excluding hydrogens is 214 g/mol. The molecule has 1 aliphatic heterocycles. The van der Waals surface area contributed by atoms with E-state index in [2.05, 4.69) is 21.8 Å². The van der Waals surface area contributed by atoms with Crippen LogP contribution < -0.4 is 9.64 Å². The van der Waals surface area contributed by atoms with Crippen LogP contribution in [0.1, 0.15) is 19.8 Å². The Morgan fingerprint density at radius 1 is 1.53 bits per heavy atom. The fourth-order valence-corrected chi connectivity index (χ4v) is 2.07. The van der Waals surface area contributed by atoms with Crippen molar-refractivity contribution in [2.24, 2.45) is 0 Å². The lowest BCUT2D eigenvalue weighted by atomic mass is 10.2. The highest BCUT2D eigenvalue weighted by molar-refractivity contribution is 6.29. The van der Waals surface area contributed by atoms with Gasteiger partial charge in [0.15, 0.2) is 0 Å². The first-order valence-electron chi connectivity index (χ1n) is 5.06. The molecule has 1 aromatic rings. The Balaban J connectivity index is 2.30. The maximum absolute atomic E-state index is 5.90. The summed E-state index contributed by atoms with van der Waals surface area (Å²) in [7, 11) is 1.54. The lowest BCUT2D eigenvalue weighted by Gasteiger charge is -2.22. The van der Waals surface area contributed by atoms with E-state index in [0.717, 1.165) is 12.4 Å². The number of rotatable bonds is 2. The van der Waals surface area contributed by atoms with Crippen molar-refractivity contribution in [3.8, 4) is 6.01 Å². The number of ether oxygens (including phenoxy) is 1. The van der Waals surface area contributed by atoms with E-state index >= 15 is 0 Å². The predicted octanol–water partition coefficient (Wildman–Crippen LogP) is 2.13. The van der Waals surface area contributed by atoms with Gasteiger partial charge in [-0.2, -0.15) is 9.97 Å². The zero-order chi connectivity index (χ0) is 10.8. The van der Waals surface area contributed by atoms with Gasteiger partial charge in [0.05, 0.1) is 7.11 Å². The standard InChI is InChI=1S/C10H14ClN3O/c1-7-4-3-5-14(7)9-6-8(11)12-10(13-9)15-2/h6-7H,3-5H2,1-2H3. The van der Waals surface area contributed by atoms with Crippen molar-refractivity contribution < 1.29 is 4.74 Å². The molecule has 5 heteroatoms. The minimum atomic E-state index is 0.330. The van der Waals surface area contributed by atoms with Crippen LogP contribution in [-0.2, 0) is 0 Å². The highest BCUT2D eigenvalue weighted by Crippen LogP contribution is 2.26. The third-order valence-electron chi connectivity index (χ3n) is 2.69. The average molecular weight is 228 g/mol. The predicted molar refractivity (Wildman–Crippen MR) is 59.6 cm³/mol. The number of hydrogen-bond acceptors (Lipinski definition) is 4. The molecule has 2 heterocycles. The highest BCUT2D eigenvalue weighted by Gasteiger charge is 2.22. The smallest absolute Gasteiger partial charge is 0.319 e. The van der Waals surface area contributed by atoms with Gasteiger partial charge in [0.25, 0.3) is 0 Å². The Labute approximate surface area is 94.2 Å². The van der Waals surface area contributed by atoms with E-state index in [1.807, 2.05) is 0 Å². The number of methoxy groups -OCH3 is 1. The molecule has 82 valence electrons. The van der Waals surface area contributed by atoms with Gasteiger partial charge in [-0.05, 0) is 19.8 Å². The lowest BCUT2D eigenvalue weighted by Crippen LogP contribution is -2.27. The van der Waals surface area contributed by atoms with Crippen LogP contribution in [0.4, 0.5) is 5.82 Å². The molecule has 1 atom stereocenters. The van der Waals surface area contributed by atoms with E-state index in [0.29, 0.717) is 17.2 Å². The minimum absolute atomic E-state index is 0.330. The summed E-state index contributed by atoms with van der Waals surface area (Å²) in [5.41, 5.74) is 0. The average Bonchev–Trinajstić information content (AvgIpc) is 2.63. The van der Waals surface area contributed by atoms with Crippen molar-refractivity contribution in [1.82, 2.24) is 9.97 Å². The highest BCUT2D eigenvalue weighted by atomic mass is 35.5. The summed E-state index contributed by atoms with van der Waals surface area (Å²) in [5.74, 6) is 0.858. The van der Waals surface area contributed by atoms with Crippen LogP contribution in [0.15, 0.2) is 6.07 Å². The van der Waals surface area contributed by atoms with E-state index in [9.17, 15) is 0 Å². The number of anilines is 1. The summed E-state index contributed by atoms with van der Waals surface area (Å²) < 4.78 is 5.00. The van der Waals surface area contributed by atoms with Crippen molar-refractivity contribution in [3.05, 3.63) is 11.2 Å². The Morgan fingerprint density at radius 2 is 2.33 bits per heavy atom. The molecule has 0 saturated carbocycles. The van der Waals surface area contributed by atoms with Gasteiger partial charge < -0.3 is 9.64 Å². The van der Waals surface area contributed by atoms with E-state index in [1.54, 1.807) is 13.2 Å². The summed E-state index contributed by atoms with van der Waals surface area (Å²) in [6, 6.07) is 2.63. The maximum atomic E-state index is 5.90. The molecule has 2 rings (SSSR count). The fourth-order valence-electron chi connectivity index (χ4n) is 1.90. The van der Waals surface area contributed by atoms with Crippen molar-refractivity contribution in [3.63, 3.8) is 0 Å². The summed E-state index contributed by atoms with van der Waals surface area (Å²) >= 11 is 5.90. The summed E-state index contributed by atoms with van der Waals surface area (Å²) in [6.07, 6.45) is 2.40. The second-order valence-electron chi connectivity index (χ2n) is 3.72. The topological polar surface area (TPSA) is 38.2 Å². The Bertz CT molecular complexity index is 359. The third kappa shape index (κ3) is 2.15. The molecular formula is C10H14ClN3O. The quantitative estimate of drug-likeness (QED) is 0.726. The summed E-state index contributed by atoms with van der Waals surface area (Å²) in [4.78, 5) is 10.5. The van der Waals surface area contributed by atoms with Gasteiger partial charge >= 0.3 is 6.01 Å². The first-order valence-corrected chi connectivity index (χ1v) is 5.43.